The Morgan fingerprint density at radius 1 is 0.941 bits per heavy atom. The molecule has 1 aliphatic rings. The Bertz CT molecular complexity index is 529. The highest BCUT2D eigenvalue weighted by Crippen LogP contribution is 2.32. The number of halogens is 2. The molecule has 0 bridgehead atoms. The van der Waals surface area contributed by atoms with Gasteiger partial charge in [-0.3, -0.25) is 0 Å². The summed E-state index contributed by atoms with van der Waals surface area (Å²) in [7, 11) is 0. The predicted octanol–water partition coefficient (Wildman–Crippen LogP) is 4.94. The summed E-state index contributed by atoms with van der Waals surface area (Å²) < 4.78 is 1.13. The smallest absolute Gasteiger partial charge is 0.0418 e. The van der Waals surface area contributed by atoms with Crippen molar-refractivity contribution in [1.29, 1.82) is 0 Å². The Labute approximate surface area is 114 Å². The molecule has 0 fully saturated rings. The number of hydrogen-bond donors (Lipinski definition) is 1. The normalized spacial score (nSPS) is 13.3. The second-order valence-electron chi connectivity index (χ2n) is 4.23. The molecule has 0 unspecified atom stereocenters. The van der Waals surface area contributed by atoms with E-state index in [9.17, 15) is 0 Å². The number of rotatable bonds is 0. The molecule has 0 aliphatic carbocycles. The van der Waals surface area contributed by atoms with Gasteiger partial charge in [-0.05, 0) is 60.4 Å². The van der Waals surface area contributed by atoms with Crippen molar-refractivity contribution in [3.05, 3.63) is 57.0 Å². The van der Waals surface area contributed by atoms with E-state index in [1.54, 1.807) is 0 Å². The van der Waals surface area contributed by atoms with Crippen LogP contribution in [0.2, 0.25) is 5.02 Å². The molecule has 0 saturated carbocycles. The largest absolute Gasteiger partial charge is 0.355 e. The highest BCUT2D eigenvalue weighted by molar-refractivity contribution is 9.10. The van der Waals surface area contributed by atoms with Gasteiger partial charge in [0, 0.05) is 20.9 Å². The van der Waals surface area contributed by atoms with Gasteiger partial charge in [0.25, 0.3) is 0 Å². The molecule has 2 aromatic carbocycles. The topological polar surface area (TPSA) is 12.0 Å². The van der Waals surface area contributed by atoms with Crippen molar-refractivity contribution in [3.63, 3.8) is 0 Å². The molecule has 0 atom stereocenters. The maximum Gasteiger partial charge on any atom is 0.0418 e. The lowest BCUT2D eigenvalue weighted by Crippen LogP contribution is -1.93. The number of anilines is 2. The van der Waals surface area contributed by atoms with Crippen molar-refractivity contribution < 1.29 is 0 Å². The molecule has 0 saturated heterocycles. The van der Waals surface area contributed by atoms with Crippen LogP contribution in [0.1, 0.15) is 11.1 Å². The minimum absolute atomic E-state index is 0.803. The first kappa shape index (κ1) is 11.1. The highest BCUT2D eigenvalue weighted by atomic mass is 79.9. The lowest BCUT2D eigenvalue weighted by molar-refractivity contribution is 0.976. The van der Waals surface area contributed by atoms with Crippen molar-refractivity contribution in [1.82, 2.24) is 0 Å². The molecule has 0 amide bonds. The fraction of sp³-hybridized carbons (Fsp3) is 0.143. The van der Waals surface area contributed by atoms with Gasteiger partial charge >= 0.3 is 0 Å². The summed E-state index contributed by atoms with van der Waals surface area (Å²) in [5.74, 6) is 0. The average molecular weight is 309 g/mol. The molecule has 0 spiro atoms. The van der Waals surface area contributed by atoms with E-state index in [0.717, 1.165) is 28.0 Å². The van der Waals surface area contributed by atoms with E-state index in [1.165, 1.54) is 16.8 Å². The lowest BCUT2D eigenvalue weighted by Gasteiger charge is -2.09. The Morgan fingerprint density at radius 2 is 1.59 bits per heavy atom. The molecule has 3 rings (SSSR count). The summed E-state index contributed by atoms with van der Waals surface area (Å²) >= 11 is 9.54. The molecular formula is C14H11BrClN. The highest BCUT2D eigenvalue weighted by Gasteiger charge is 2.12. The van der Waals surface area contributed by atoms with Crippen LogP contribution in [-0.2, 0) is 12.8 Å². The number of benzene rings is 2. The van der Waals surface area contributed by atoms with Gasteiger partial charge in [0.15, 0.2) is 0 Å². The number of fused-ring (bicyclic) bond motifs is 2. The van der Waals surface area contributed by atoms with Crippen molar-refractivity contribution in [3.8, 4) is 0 Å². The Hall–Kier alpha value is -0.990. The van der Waals surface area contributed by atoms with Crippen LogP contribution in [0.3, 0.4) is 0 Å². The van der Waals surface area contributed by atoms with Crippen molar-refractivity contribution in [2.75, 3.05) is 5.32 Å². The van der Waals surface area contributed by atoms with Crippen LogP contribution in [0.25, 0.3) is 0 Å². The lowest BCUT2D eigenvalue weighted by atomic mass is 10.0. The molecule has 1 nitrogen and oxygen atoms in total. The second-order valence-corrected chi connectivity index (χ2v) is 5.58. The van der Waals surface area contributed by atoms with Crippen LogP contribution >= 0.6 is 27.5 Å². The number of hydrogen-bond acceptors (Lipinski definition) is 1. The standard InChI is InChI=1S/C14H11BrClN/c15-11-3-5-13-9(7-11)1-2-10-8-12(16)4-6-14(10)17-13/h3-8,17H,1-2H2. The van der Waals surface area contributed by atoms with E-state index in [2.05, 4.69) is 45.5 Å². The number of aryl methyl sites for hydroxylation is 2. The van der Waals surface area contributed by atoms with Gasteiger partial charge in [-0.1, -0.05) is 27.5 Å². The minimum atomic E-state index is 0.803. The predicted molar refractivity (Wildman–Crippen MR) is 76.3 cm³/mol. The van der Waals surface area contributed by atoms with Gasteiger partial charge in [0.2, 0.25) is 0 Å². The molecule has 0 aromatic heterocycles. The molecule has 0 radical (unpaired) electrons. The maximum absolute atomic E-state index is 6.03. The molecule has 1 aliphatic heterocycles. The number of nitrogens with one attached hydrogen (secondary N) is 1. The van der Waals surface area contributed by atoms with E-state index >= 15 is 0 Å². The first-order chi connectivity index (χ1) is 8.22. The van der Waals surface area contributed by atoms with Gasteiger partial charge in [0.05, 0.1) is 0 Å². The summed E-state index contributed by atoms with van der Waals surface area (Å²) in [4.78, 5) is 0. The minimum Gasteiger partial charge on any atom is -0.355 e. The summed E-state index contributed by atoms with van der Waals surface area (Å²) in [5, 5.41) is 4.28. The van der Waals surface area contributed by atoms with Crippen LogP contribution in [-0.4, -0.2) is 0 Å². The zero-order chi connectivity index (χ0) is 11.8. The third-order valence-corrected chi connectivity index (χ3v) is 3.80. The van der Waals surface area contributed by atoms with E-state index in [4.69, 9.17) is 11.6 Å². The van der Waals surface area contributed by atoms with Crippen molar-refractivity contribution in [2.24, 2.45) is 0 Å². The molecular weight excluding hydrogens is 298 g/mol. The van der Waals surface area contributed by atoms with Crippen LogP contribution < -0.4 is 5.32 Å². The molecule has 1 N–H and O–H groups in total. The molecule has 1 heterocycles. The van der Waals surface area contributed by atoms with E-state index in [0.29, 0.717) is 0 Å². The Balaban J connectivity index is 2.07. The van der Waals surface area contributed by atoms with Gasteiger partial charge in [-0.25, -0.2) is 0 Å². The fourth-order valence-corrected chi connectivity index (χ4v) is 2.80. The molecule has 3 heteroatoms. The summed E-state index contributed by atoms with van der Waals surface area (Å²) in [6.45, 7) is 0. The van der Waals surface area contributed by atoms with Gasteiger partial charge in [-0.2, -0.15) is 0 Å². The van der Waals surface area contributed by atoms with E-state index < -0.39 is 0 Å². The third-order valence-electron chi connectivity index (χ3n) is 3.07. The van der Waals surface area contributed by atoms with Crippen LogP contribution in [0, 0.1) is 0 Å². The van der Waals surface area contributed by atoms with Crippen molar-refractivity contribution >= 4 is 38.9 Å². The van der Waals surface area contributed by atoms with E-state index in [-0.39, 0.29) is 0 Å². The Kier molecular flexibility index (Phi) is 2.85. The third kappa shape index (κ3) is 2.20. The monoisotopic (exact) mass is 307 g/mol. The van der Waals surface area contributed by atoms with Crippen LogP contribution in [0.15, 0.2) is 40.9 Å². The second kappa shape index (κ2) is 4.35. The van der Waals surface area contributed by atoms with Gasteiger partial charge in [-0.15, -0.1) is 0 Å². The Morgan fingerprint density at radius 3 is 2.35 bits per heavy atom. The van der Waals surface area contributed by atoms with Crippen LogP contribution in [0.4, 0.5) is 11.4 Å². The average Bonchev–Trinajstić information content (AvgIpc) is 2.48. The summed E-state index contributed by atoms with van der Waals surface area (Å²) in [6, 6.07) is 12.4. The van der Waals surface area contributed by atoms with Gasteiger partial charge < -0.3 is 5.32 Å². The molecule has 86 valence electrons. The van der Waals surface area contributed by atoms with Gasteiger partial charge in [0.1, 0.15) is 0 Å². The first-order valence-electron chi connectivity index (χ1n) is 5.56. The first-order valence-corrected chi connectivity index (χ1v) is 6.73. The molecule has 2 aromatic rings. The zero-order valence-electron chi connectivity index (χ0n) is 9.13. The van der Waals surface area contributed by atoms with Crippen molar-refractivity contribution in [2.45, 2.75) is 12.8 Å². The summed E-state index contributed by atoms with van der Waals surface area (Å²) in [6.07, 6.45) is 2.06. The van der Waals surface area contributed by atoms with Crippen LogP contribution in [0.5, 0.6) is 0 Å². The summed E-state index contributed by atoms with van der Waals surface area (Å²) in [5.41, 5.74) is 4.97. The molecule has 17 heavy (non-hydrogen) atoms. The maximum atomic E-state index is 6.03. The SMILES string of the molecule is Clc1ccc2c(c1)CCc1cc(Br)ccc1N2. The quantitative estimate of drug-likeness (QED) is 0.726. The zero-order valence-corrected chi connectivity index (χ0v) is 11.5. The van der Waals surface area contributed by atoms with E-state index in [1.807, 2.05) is 12.1 Å². The fourth-order valence-electron chi connectivity index (χ4n) is 2.20.